The first-order valence-corrected chi connectivity index (χ1v) is 6.23. The second-order valence-electron chi connectivity index (χ2n) is 4.31. The van der Waals surface area contributed by atoms with Gasteiger partial charge in [-0.25, -0.2) is 14.8 Å². The van der Waals surface area contributed by atoms with Crippen LogP contribution in [0.2, 0.25) is 0 Å². The molecule has 2 aromatic rings. The summed E-state index contributed by atoms with van der Waals surface area (Å²) in [5, 5.41) is 14.9. The number of nitrogens with zero attached hydrogens (tertiary/aromatic N) is 2. The molecular weight excluding hydrogens is 256 g/mol. The van der Waals surface area contributed by atoms with Crippen molar-refractivity contribution in [3.63, 3.8) is 0 Å². The molecule has 0 saturated heterocycles. The van der Waals surface area contributed by atoms with Crippen LogP contribution in [0.1, 0.15) is 24.3 Å². The van der Waals surface area contributed by atoms with Crippen LogP contribution in [0.4, 0.5) is 10.5 Å². The van der Waals surface area contributed by atoms with Crippen LogP contribution in [0.25, 0.3) is 0 Å². The maximum Gasteiger partial charge on any atom is 0.319 e. The van der Waals surface area contributed by atoms with Gasteiger partial charge in [-0.3, -0.25) is 0 Å². The number of carbonyl (C=O) groups excluding carboxylic acids is 1. The minimum atomic E-state index is -0.569. The Morgan fingerprint density at radius 3 is 2.95 bits per heavy atom. The molecule has 0 aliphatic rings. The van der Waals surface area contributed by atoms with E-state index in [2.05, 4.69) is 20.6 Å². The zero-order chi connectivity index (χ0) is 14.4. The third-order valence-corrected chi connectivity index (χ3v) is 2.70. The molecule has 0 aliphatic heterocycles. The highest BCUT2D eigenvalue weighted by Gasteiger charge is 2.05. The molecule has 0 saturated carbocycles. The highest BCUT2D eigenvalue weighted by molar-refractivity contribution is 5.89. The van der Waals surface area contributed by atoms with Gasteiger partial charge in [-0.05, 0) is 30.7 Å². The van der Waals surface area contributed by atoms with Crippen molar-refractivity contribution in [3.8, 4) is 0 Å². The van der Waals surface area contributed by atoms with E-state index in [0.29, 0.717) is 12.2 Å². The number of rotatable bonds is 4. The summed E-state index contributed by atoms with van der Waals surface area (Å²) in [6.07, 6.45) is 2.48. The van der Waals surface area contributed by atoms with Crippen molar-refractivity contribution in [2.45, 2.75) is 19.6 Å². The van der Waals surface area contributed by atoms with Crippen LogP contribution in [-0.2, 0) is 6.54 Å². The van der Waals surface area contributed by atoms with Crippen LogP contribution in [-0.4, -0.2) is 21.1 Å². The Morgan fingerprint density at radius 2 is 2.25 bits per heavy atom. The second-order valence-corrected chi connectivity index (χ2v) is 4.31. The zero-order valence-electron chi connectivity index (χ0n) is 11.1. The fourth-order valence-electron chi connectivity index (χ4n) is 1.65. The first-order valence-electron chi connectivity index (χ1n) is 6.23. The summed E-state index contributed by atoms with van der Waals surface area (Å²) in [5.74, 6) is 0. The van der Waals surface area contributed by atoms with E-state index in [-0.39, 0.29) is 6.03 Å². The molecule has 2 amide bonds. The van der Waals surface area contributed by atoms with Crippen molar-refractivity contribution >= 4 is 11.7 Å². The van der Waals surface area contributed by atoms with Crippen molar-refractivity contribution in [1.29, 1.82) is 0 Å². The van der Waals surface area contributed by atoms with Gasteiger partial charge in [0.15, 0.2) is 0 Å². The third kappa shape index (κ3) is 4.03. The number of hydrogen-bond acceptors (Lipinski definition) is 4. The van der Waals surface area contributed by atoms with Gasteiger partial charge in [0.05, 0.1) is 18.3 Å². The number of carbonyl (C=O) groups is 1. The molecule has 0 aliphatic carbocycles. The SMILES string of the molecule is CC(O)c1cccc(NC(=O)NCc2ccncn2)c1. The monoisotopic (exact) mass is 272 g/mol. The van der Waals surface area contributed by atoms with Gasteiger partial charge < -0.3 is 15.7 Å². The fourth-order valence-corrected chi connectivity index (χ4v) is 1.65. The van der Waals surface area contributed by atoms with Gasteiger partial charge in [-0.15, -0.1) is 0 Å². The van der Waals surface area contributed by atoms with E-state index in [1.807, 2.05) is 0 Å². The summed E-state index contributed by atoms with van der Waals surface area (Å²) in [5.41, 5.74) is 2.11. The van der Waals surface area contributed by atoms with Crippen LogP contribution in [0.5, 0.6) is 0 Å². The van der Waals surface area contributed by atoms with E-state index in [0.717, 1.165) is 11.3 Å². The largest absolute Gasteiger partial charge is 0.389 e. The summed E-state index contributed by atoms with van der Waals surface area (Å²) in [6, 6.07) is 8.47. The summed E-state index contributed by atoms with van der Waals surface area (Å²) < 4.78 is 0. The summed E-state index contributed by atoms with van der Waals surface area (Å²) in [4.78, 5) is 19.6. The maximum atomic E-state index is 11.7. The Hall–Kier alpha value is -2.47. The number of hydrogen-bond donors (Lipinski definition) is 3. The highest BCUT2D eigenvalue weighted by atomic mass is 16.3. The number of aliphatic hydroxyl groups is 1. The molecule has 3 N–H and O–H groups in total. The Bertz CT molecular complexity index is 572. The molecule has 2 rings (SSSR count). The summed E-state index contributed by atoms with van der Waals surface area (Å²) in [6.45, 7) is 2.00. The average molecular weight is 272 g/mol. The number of urea groups is 1. The molecule has 1 unspecified atom stereocenters. The molecule has 0 bridgehead atoms. The van der Waals surface area contributed by atoms with Gasteiger partial charge >= 0.3 is 6.03 Å². The van der Waals surface area contributed by atoms with Gasteiger partial charge in [0.2, 0.25) is 0 Å². The summed E-state index contributed by atoms with van der Waals surface area (Å²) >= 11 is 0. The molecule has 0 spiro atoms. The van der Waals surface area contributed by atoms with Crippen LogP contribution < -0.4 is 10.6 Å². The fraction of sp³-hybridized carbons (Fsp3) is 0.214. The predicted octanol–water partition coefficient (Wildman–Crippen LogP) is 1.85. The van der Waals surface area contributed by atoms with E-state index in [4.69, 9.17) is 0 Å². The molecule has 20 heavy (non-hydrogen) atoms. The minimum absolute atomic E-state index is 0.324. The Balaban J connectivity index is 1.90. The molecule has 6 nitrogen and oxygen atoms in total. The molecule has 1 aromatic carbocycles. The van der Waals surface area contributed by atoms with Crippen molar-refractivity contribution in [2.24, 2.45) is 0 Å². The van der Waals surface area contributed by atoms with Gasteiger partial charge in [0.1, 0.15) is 6.33 Å². The number of aliphatic hydroxyl groups excluding tert-OH is 1. The molecule has 0 radical (unpaired) electrons. The first kappa shape index (κ1) is 14.0. The van der Waals surface area contributed by atoms with E-state index < -0.39 is 6.10 Å². The van der Waals surface area contributed by atoms with Crippen LogP contribution in [0.15, 0.2) is 42.9 Å². The topological polar surface area (TPSA) is 87.1 Å². The van der Waals surface area contributed by atoms with Crippen molar-refractivity contribution < 1.29 is 9.90 Å². The van der Waals surface area contributed by atoms with Gasteiger partial charge in [0, 0.05) is 11.9 Å². The molecule has 0 fully saturated rings. The molecule has 1 atom stereocenters. The van der Waals surface area contributed by atoms with Crippen molar-refractivity contribution in [3.05, 3.63) is 54.1 Å². The number of amides is 2. The van der Waals surface area contributed by atoms with E-state index >= 15 is 0 Å². The predicted molar refractivity (Wildman–Crippen MR) is 75.0 cm³/mol. The molecule has 1 aromatic heterocycles. The van der Waals surface area contributed by atoms with E-state index in [1.54, 1.807) is 43.5 Å². The first-order chi connectivity index (χ1) is 9.65. The minimum Gasteiger partial charge on any atom is -0.389 e. The summed E-state index contributed by atoms with van der Waals surface area (Å²) in [7, 11) is 0. The van der Waals surface area contributed by atoms with Gasteiger partial charge in [0.25, 0.3) is 0 Å². The highest BCUT2D eigenvalue weighted by Crippen LogP contribution is 2.16. The quantitative estimate of drug-likeness (QED) is 0.792. The number of nitrogens with one attached hydrogen (secondary N) is 2. The Labute approximate surface area is 116 Å². The zero-order valence-corrected chi connectivity index (χ0v) is 11.1. The van der Waals surface area contributed by atoms with Crippen LogP contribution in [0.3, 0.4) is 0 Å². The normalized spacial score (nSPS) is 11.7. The Kier molecular flexibility index (Phi) is 4.62. The van der Waals surface area contributed by atoms with Crippen LogP contribution >= 0.6 is 0 Å². The van der Waals surface area contributed by atoms with E-state index in [1.165, 1.54) is 6.33 Å². The smallest absolute Gasteiger partial charge is 0.319 e. The lowest BCUT2D eigenvalue weighted by Gasteiger charge is -2.10. The van der Waals surface area contributed by atoms with E-state index in [9.17, 15) is 9.90 Å². The average Bonchev–Trinajstić information content (AvgIpc) is 2.46. The van der Waals surface area contributed by atoms with Crippen LogP contribution in [0, 0.1) is 0 Å². The Morgan fingerprint density at radius 1 is 1.40 bits per heavy atom. The maximum absolute atomic E-state index is 11.7. The lowest BCUT2D eigenvalue weighted by molar-refractivity contribution is 0.199. The molecular formula is C14H16N4O2. The van der Waals surface area contributed by atoms with Gasteiger partial charge in [-0.1, -0.05) is 12.1 Å². The standard InChI is InChI=1S/C14H16N4O2/c1-10(19)11-3-2-4-12(7-11)18-14(20)16-8-13-5-6-15-9-17-13/h2-7,9-10,19H,8H2,1H3,(H2,16,18,20). The third-order valence-electron chi connectivity index (χ3n) is 2.70. The lowest BCUT2D eigenvalue weighted by atomic mass is 10.1. The molecule has 6 heteroatoms. The molecule has 1 heterocycles. The number of benzene rings is 1. The lowest BCUT2D eigenvalue weighted by Crippen LogP contribution is -2.28. The second kappa shape index (κ2) is 6.63. The number of anilines is 1. The van der Waals surface area contributed by atoms with Gasteiger partial charge in [-0.2, -0.15) is 0 Å². The van der Waals surface area contributed by atoms with Crippen molar-refractivity contribution in [1.82, 2.24) is 15.3 Å². The van der Waals surface area contributed by atoms with Crippen molar-refractivity contribution in [2.75, 3.05) is 5.32 Å². The molecule has 104 valence electrons. The number of aromatic nitrogens is 2.